The molecule has 0 saturated heterocycles. The van der Waals surface area contributed by atoms with Crippen LogP contribution in [0.1, 0.15) is 39.0 Å². The third kappa shape index (κ3) is 4.29. The lowest BCUT2D eigenvalue weighted by Gasteiger charge is -2.21. The fourth-order valence-corrected chi connectivity index (χ4v) is 1.97. The van der Waals surface area contributed by atoms with Gasteiger partial charge in [0.1, 0.15) is 6.54 Å². The number of nitrogens with zero attached hydrogens (tertiary/aromatic N) is 1. The van der Waals surface area contributed by atoms with Gasteiger partial charge in [-0.15, -0.1) is 0 Å². The highest BCUT2D eigenvalue weighted by atomic mass is 16.5. The Morgan fingerprint density at radius 2 is 2.00 bits per heavy atom. The van der Waals surface area contributed by atoms with Gasteiger partial charge in [-0.2, -0.15) is 0 Å². The molecule has 2 fully saturated rings. The van der Waals surface area contributed by atoms with Crippen LogP contribution in [0.5, 0.6) is 0 Å². The summed E-state index contributed by atoms with van der Waals surface area (Å²) in [4.78, 5) is 25.2. The molecule has 0 radical (unpaired) electrons. The van der Waals surface area contributed by atoms with Crippen LogP contribution in [0.25, 0.3) is 0 Å². The second-order valence-corrected chi connectivity index (χ2v) is 5.04. The molecule has 5 heteroatoms. The van der Waals surface area contributed by atoms with Gasteiger partial charge in [-0.05, 0) is 32.6 Å². The lowest BCUT2D eigenvalue weighted by molar-refractivity contribution is -0.149. The van der Waals surface area contributed by atoms with E-state index in [1.54, 1.807) is 11.8 Å². The summed E-state index contributed by atoms with van der Waals surface area (Å²) in [6, 6.07) is 0.889. The van der Waals surface area contributed by atoms with Gasteiger partial charge in [0.15, 0.2) is 0 Å². The van der Waals surface area contributed by atoms with Crippen molar-refractivity contribution < 1.29 is 14.3 Å². The van der Waals surface area contributed by atoms with E-state index in [-0.39, 0.29) is 24.5 Å². The van der Waals surface area contributed by atoms with Crippen molar-refractivity contribution in [1.29, 1.82) is 0 Å². The van der Waals surface area contributed by atoms with Gasteiger partial charge in [-0.1, -0.05) is 0 Å². The summed E-state index contributed by atoms with van der Waals surface area (Å²) in [5, 5.41) is 3.32. The second kappa shape index (κ2) is 6.18. The molecule has 2 aliphatic carbocycles. The van der Waals surface area contributed by atoms with Gasteiger partial charge in [0.25, 0.3) is 0 Å². The molecule has 2 saturated carbocycles. The first-order chi connectivity index (χ1) is 8.70. The molecule has 18 heavy (non-hydrogen) atoms. The smallest absolute Gasteiger partial charge is 0.325 e. The number of nitrogens with one attached hydrogen (secondary N) is 1. The molecule has 5 nitrogen and oxygen atoms in total. The van der Waals surface area contributed by atoms with E-state index < -0.39 is 0 Å². The Kier molecular flexibility index (Phi) is 4.58. The van der Waals surface area contributed by atoms with Crippen LogP contribution in [-0.4, -0.2) is 48.6 Å². The Morgan fingerprint density at radius 3 is 2.56 bits per heavy atom. The van der Waals surface area contributed by atoms with E-state index in [0.717, 1.165) is 19.4 Å². The molecular weight excluding hydrogens is 232 g/mol. The summed E-state index contributed by atoms with van der Waals surface area (Å²) in [5.74, 6) is -0.230. The van der Waals surface area contributed by atoms with Crippen molar-refractivity contribution in [2.24, 2.45) is 0 Å². The highest BCUT2D eigenvalue weighted by Crippen LogP contribution is 2.27. The van der Waals surface area contributed by atoms with E-state index in [9.17, 15) is 9.59 Å². The van der Waals surface area contributed by atoms with Crippen LogP contribution in [0.15, 0.2) is 0 Å². The number of carbonyl (C=O) groups excluding carboxylic acids is 2. The first kappa shape index (κ1) is 13.3. The van der Waals surface area contributed by atoms with Crippen molar-refractivity contribution in [3.63, 3.8) is 0 Å². The number of amides is 1. The van der Waals surface area contributed by atoms with Gasteiger partial charge in [-0.25, -0.2) is 0 Å². The maximum Gasteiger partial charge on any atom is 0.325 e. The van der Waals surface area contributed by atoms with E-state index in [2.05, 4.69) is 5.32 Å². The third-order valence-electron chi connectivity index (χ3n) is 3.26. The number of rotatable bonds is 8. The number of ether oxygens (including phenoxy) is 1. The van der Waals surface area contributed by atoms with Crippen LogP contribution < -0.4 is 5.32 Å². The molecule has 0 aromatic carbocycles. The number of esters is 1. The zero-order valence-corrected chi connectivity index (χ0v) is 11.0. The topological polar surface area (TPSA) is 58.6 Å². The van der Waals surface area contributed by atoms with E-state index in [1.165, 1.54) is 12.8 Å². The molecule has 2 aliphatic rings. The molecule has 1 amide bonds. The summed E-state index contributed by atoms with van der Waals surface area (Å²) in [5.41, 5.74) is 0. The SMILES string of the molecule is CCOC(=O)CN(C(=O)CCNC1CC1)C1CC1. The molecular formula is C13H22N2O3. The Balaban J connectivity index is 1.72. The average molecular weight is 254 g/mol. The monoisotopic (exact) mass is 254 g/mol. The third-order valence-corrected chi connectivity index (χ3v) is 3.26. The van der Waals surface area contributed by atoms with Crippen molar-refractivity contribution in [3.8, 4) is 0 Å². The predicted octanol–water partition coefficient (Wildman–Crippen LogP) is 0.683. The fraction of sp³-hybridized carbons (Fsp3) is 0.846. The number of hydrogen-bond acceptors (Lipinski definition) is 4. The first-order valence-corrected chi connectivity index (χ1v) is 6.89. The number of carbonyl (C=O) groups is 2. The Labute approximate surface area is 108 Å². The van der Waals surface area contributed by atoms with Gasteiger partial charge in [0, 0.05) is 25.0 Å². The summed E-state index contributed by atoms with van der Waals surface area (Å²) in [6.07, 6.45) is 4.96. The van der Waals surface area contributed by atoms with E-state index in [4.69, 9.17) is 4.74 Å². The molecule has 0 atom stereocenters. The number of hydrogen-bond donors (Lipinski definition) is 1. The van der Waals surface area contributed by atoms with Crippen molar-refractivity contribution in [1.82, 2.24) is 10.2 Å². The molecule has 0 aliphatic heterocycles. The van der Waals surface area contributed by atoms with Gasteiger partial charge >= 0.3 is 5.97 Å². The average Bonchev–Trinajstić information content (AvgIpc) is 3.18. The molecule has 0 heterocycles. The highest BCUT2D eigenvalue weighted by molar-refractivity contribution is 5.82. The summed E-state index contributed by atoms with van der Waals surface area (Å²) in [7, 11) is 0. The minimum Gasteiger partial charge on any atom is -0.465 e. The maximum atomic E-state index is 12.0. The van der Waals surface area contributed by atoms with Crippen molar-refractivity contribution >= 4 is 11.9 Å². The zero-order valence-electron chi connectivity index (χ0n) is 11.0. The van der Waals surface area contributed by atoms with E-state index in [1.807, 2.05) is 0 Å². The summed E-state index contributed by atoms with van der Waals surface area (Å²) < 4.78 is 4.90. The van der Waals surface area contributed by atoms with Gasteiger partial charge in [0.05, 0.1) is 6.61 Å². The lowest BCUT2D eigenvalue weighted by atomic mass is 10.3. The normalized spacial score (nSPS) is 18.5. The summed E-state index contributed by atoms with van der Waals surface area (Å²) in [6.45, 7) is 2.98. The fourth-order valence-electron chi connectivity index (χ4n) is 1.97. The second-order valence-electron chi connectivity index (χ2n) is 5.04. The van der Waals surface area contributed by atoms with Crippen LogP contribution >= 0.6 is 0 Å². The molecule has 2 rings (SSSR count). The quantitative estimate of drug-likeness (QED) is 0.647. The van der Waals surface area contributed by atoms with Crippen LogP contribution in [0.4, 0.5) is 0 Å². The minimum atomic E-state index is -0.298. The largest absolute Gasteiger partial charge is 0.465 e. The van der Waals surface area contributed by atoms with E-state index in [0.29, 0.717) is 19.1 Å². The molecule has 0 bridgehead atoms. The molecule has 0 unspecified atom stereocenters. The Hall–Kier alpha value is -1.10. The molecule has 0 spiro atoms. The summed E-state index contributed by atoms with van der Waals surface area (Å²) >= 11 is 0. The minimum absolute atomic E-state index is 0.0682. The Bertz CT molecular complexity index is 311. The van der Waals surface area contributed by atoms with Crippen molar-refractivity contribution in [3.05, 3.63) is 0 Å². The van der Waals surface area contributed by atoms with Crippen molar-refractivity contribution in [2.45, 2.75) is 51.1 Å². The van der Waals surface area contributed by atoms with Gasteiger partial charge < -0.3 is 15.0 Å². The van der Waals surface area contributed by atoms with Crippen LogP contribution in [0, 0.1) is 0 Å². The van der Waals surface area contributed by atoms with Crippen molar-refractivity contribution in [2.75, 3.05) is 19.7 Å². The van der Waals surface area contributed by atoms with Gasteiger partial charge in [0.2, 0.25) is 5.91 Å². The molecule has 0 aromatic rings. The van der Waals surface area contributed by atoms with Crippen LogP contribution in [0.3, 0.4) is 0 Å². The first-order valence-electron chi connectivity index (χ1n) is 6.89. The zero-order chi connectivity index (χ0) is 13.0. The maximum absolute atomic E-state index is 12.0. The molecule has 0 aromatic heterocycles. The molecule has 1 N–H and O–H groups in total. The highest BCUT2D eigenvalue weighted by Gasteiger charge is 2.34. The van der Waals surface area contributed by atoms with Crippen LogP contribution in [0.2, 0.25) is 0 Å². The predicted molar refractivity (Wildman–Crippen MR) is 67.0 cm³/mol. The van der Waals surface area contributed by atoms with E-state index >= 15 is 0 Å². The molecule has 102 valence electrons. The van der Waals surface area contributed by atoms with Gasteiger partial charge in [-0.3, -0.25) is 9.59 Å². The standard InChI is InChI=1S/C13H22N2O3/c1-2-18-13(17)9-15(11-5-6-11)12(16)7-8-14-10-3-4-10/h10-11,14H,2-9H2,1H3. The Morgan fingerprint density at radius 1 is 1.28 bits per heavy atom. The van der Waals surface area contributed by atoms with Crippen LogP contribution in [-0.2, 0) is 14.3 Å². The lowest BCUT2D eigenvalue weighted by Crippen LogP contribution is -2.39.